The third-order valence-corrected chi connectivity index (χ3v) is 3.08. The summed E-state index contributed by atoms with van der Waals surface area (Å²) in [6.45, 7) is 6.01. The van der Waals surface area contributed by atoms with Crippen LogP contribution in [-0.4, -0.2) is 6.54 Å². The molecule has 0 aliphatic heterocycles. The van der Waals surface area contributed by atoms with Gasteiger partial charge in [-0.3, -0.25) is 0 Å². The highest BCUT2D eigenvalue weighted by atomic mass is 35.5. The van der Waals surface area contributed by atoms with Gasteiger partial charge >= 0.3 is 0 Å². The Morgan fingerprint density at radius 2 is 2.00 bits per heavy atom. The van der Waals surface area contributed by atoms with Crippen LogP contribution in [0.5, 0.6) is 11.5 Å². The van der Waals surface area contributed by atoms with Crippen molar-refractivity contribution in [2.24, 2.45) is 0 Å². The second-order valence-electron chi connectivity index (χ2n) is 4.44. The third kappa shape index (κ3) is 3.98. The van der Waals surface area contributed by atoms with Gasteiger partial charge in [0.15, 0.2) is 0 Å². The lowest BCUT2D eigenvalue weighted by Crippen LogP contribution is -2.11. The number of halogens is 1. The fourth-order valence-corrected chi connectivity index (χ4v) is 2.04. The van der Waals surface area contributed by atoms with Crippen LogP contribution >= 0.6 is 11.6 Å². The Morgan fingerprint density at radius 1 is 1.16 bits per heavy atom. The average Bonchev–Trinajstić information content (AvgIpc) is 2.39. The molecular formula is C16H18ClNO. The molecule has 3 heteroatoms. The number of nitrogens with one attached hydrogen (secondary N) is 1. The molecule has 2 rings (SSSR count). The standard InChI is InChI=1S/C16H18ClNO/c1-3-18-11-13-7-8-16(12(2)9-13)19-15-6-4-5-14(17)10-15/h4-10,18H,3,11H2,1-2H3. The lowest BCUT2D eigenvalue weighted by molar-refractivity contribution is 0.478. The van der Waals surface area contributed by atoms with E-state index in [1.807, 2.05) is 30.3 Å². The minimum Gasteiger partial charge on any atom is -0.457 e. The van der Waals surface area contributed by atoms with E-state index in [9.17, 15) is 0 Å². The van der Waals surface area contributed by atoms with E-state index in [1.165, 1.54) is 5.56 Å². The molecule has 0 unspecified atom stereocenters. The summed E-state index contributed by atoms with van der Waals surface area (Å²) in [5.41, 5.74) is 2.38. The van der Waals surface area contributed by atoms with Gasteiger partial charge < -0.3 is 10.1 Å². The molecule has 0 aliphatic carbocycles. The number of rotatable bonds is 5. The third-order valence-electron chi connectivity index (χ3n) is 2.84. The first-order chi connectivity index (χ1) is 9.19. The maximum absolute atomic E-state index is 5.95. The highest BCUT2D eigenvalue weighted by Gasteiger charge is 2.03. The zero-order chi connectivity index (χ0) is 13.7. The molecular weight excluding hydrogens is 258 g/mol. The van der Waals surface area contributed by atoms with E-state index < -0.39 is 0 Å². The summed E-state index contributed by atoms with van der Waals surface area (Å²) < 4.78 is 5.84. The molecule has 0 atom stereocenters. The van der Waals surface area contributed by atoms with Crippen LogP contribution in [0.4, 0.5) is 0 Å². The molecule has 19 heavy (non-hydrogen) atoms. The maximum atomic E-state index is 5.95. The molecule has 100 valence electrons. The van der Waals surface area contributed by atoms with Crippen molar-refractivity contribution in [2.45, 2.75) is 20.4 Å². The van der Waals surface area contributed by atoms with Crippen LogP contribution < -0.4 is 10.1 Å². The highest BCUT2D eigenvalue weighted by Crippen LogP contribution is 2.27. The van der Waals surface area contributed by atoms with E-state index >= 15 is 0 Å². The Hall–Kier alpha value is -1.51. The Bertz CT molecular complexity index is 554. The molecule has 0 saturated carbocycles. The van der Waals surface area contributed by atoms with E-state index in [-0.39, 0.29) is 0 Å². The number of hydrogen-bond donors (Lipinski definition) is 1. The summed E-state index contributed by atoms with van der Waals surface area (Å²) in [7, 11) is 0. The van der Waals surface area contributed by atoms with Crippen LogP contribution in [0.1, 0.15) is 18.1 Å². The Kier molecular flexibility index (Phi) is 4.83. The smallest absolute Gasteiger partial charge is 0.130 e. The van der Waals surface area contributed by atoms with E-state index in [1.54, 1.807) is 0 Å². The average molecular weight is 276 g/mol. The van der Waals surface area contributed by atoms with Crippen LogP contribution in [-0.2, 0) is 6.54 Å². The summed E-state index contributed by atoms with van der Waals surface area (Å²) in [6, 6.07) is 13.7. The molecule has 0 heterocycles. The van der Waals surface area contributed by atoms with Crippen molar-refractivity contribution < 1.29 is 4.74 Å². The first kappa shape index (κ1) is 13.9. The van der Waals surface area contributed by atoms with Crippen LogP contribution in [0.2, 0.25) is 5.02 Å². The monoisotopic (exact) mass is 275 g/mol. The second-order valence-corrected chi connectivity index (χ2v) is 4.88. The number of benzene rings is 2. The Balaban J connectivity index is 2.13. The molecule has 0 aromatic heterocycles. The maximum Gasteiger partial charge on any atom is 0.130 e. The number of aryl methyl sites for hydroxylation is 1. The zero-order valence-corrected chi connectivity index (χ0v) is 12.0. The van der Waals surface area contributed by atoms with Gasteiger partial charge in [-0.1, -0.05) is 36.7 Å². The van der Waals surface area contributed by atoms with Gasteiger partial charge in [0.2, 0.25) is 0 Å². The van der Waals surface area contributed by atoms with Crippen LogP contribution in [0.3, 0.4) is 0 Å². The Labute approximate surface area is 119 Å². The normalized spacial score (nSPS) is 10.5. The van der Waals surface area contributed by atoms with Gasteiger partial charge in [0.05, 0.1) is 0 Å². The van der Waals surface area contributed by atoms with E-state index in [2.05, 4.69) is 31.3 Å². The molecule has 1 N–H and O–H groups in total. The summed E-state index contributed by atoms with van der Waals surface area (Å²) >= 11 is 5.95. The zero-order valence-electron chi connectivity index (χ0n) is 11.2. The van der Waals surface area contributed by atoms with Crippen LogP contribution in [0.15, 0.2) is 42.5 Å². The van der Waals surface area contributed by atoms with Gasteiger partial charge in [0.1, 0.15) is 11.5 Å². The van der Waals surface area contributed by atoms with E-state index in [4.69, 9.17) is 16.3 Å². The van der Waals surface area contributed by atoms with Gasteiger partial charge in [-0.15, -0.1) is 0 Å². The number of ether oxygens (including phenoxy) is 1. The Morgan fingerprint density at radius 3 is 2.68 bits per heavy atom. The summed E-state index contributed by atoms with van der Waals surface area (Å²) in [5, 5.41) is 3.99. The summed E-state index contributed by atoms with van der Waals surface area (Å²) in [6.07, 6.45) is 0. The van der Waals surface area contributed by atoms with Crippen LogP contribution in [0, 0.1) is 6.92 Å². The highest BCUT2D eigenvalue weighted by molar-refractivity contribution is 6.30. The molecule has 0 amide bonds. The predicted molar refractivity (Wildman–Crippen MR) is 80.1 cm³/mol. The first-order valence-corrected chi connectivity index (χ1v) is 6.80. The minimum absolute atomic E-state index is 0.680. The topological polar surface area (TPSA) is 21.3 Å². The van der Waals surface area contributed by atoms with Crippen molar-refractivity contribution in [1.29, 1.82) is 0 Å². The van der Waals surface area contributed by atoms with Gasteiger partial charge in [-0.25, -0.2) is 0 Å². The van der Waals surface area contributed by atoms with Crippen molar-refractivity contribution in [3.05, 3.63) is 58.6 Å². The second kappa shape index (κ2) is 6.60. The van der Waals surface area contributed by atoms with Crippen molar-refractivity contribution in [1.82, 2.24) is 5.32 Å². The van der Waals surface area contributed by atoms with Crippen LogP contribution in [0.25, 0.3) is 0 Å². The van der Waals surface area contributed by atoms with Crippen molar-refractivity contribution in [3.8, 4) is 11.5 Å². The fraction of sp³-hybridized carbons (Fsp3) is 0.250. The quantitative estimate of drug-likeness (QED) is 0.864. The van der Waals surface area contributed by atoms with Gasteiger partial charge in [0, 0.05) is 11.6 Å². The van der Waals surface area contributed by atoms with Gasteiger partial charge in [-0.05, 0) is 48.9 Å². The van der Waals surface area contributed by atoms with Gasteiger partial charge in [-0.2, -0.15) is 0 Å². The molecule has 0 aliphatic rings. The lowest BCUT2D eigenvalue weighted by Gasteiger charge is -2.11. The minimum atomic E-state index is 0.680. The molecule has 2 aromatic carbocycles. The van der Waals surface area contributed by atoms with Gasteiger partial charge in [0.25, 0.3) is 0 Å². The van der Waals surface area contributed by atoms with E-state index in [0.29, 0.717) is 5.02 Å². The van der Waals surface area contributed by atoms with Crippen molar-refractivity contribution in [2.75, 3.05) is 6.54 Å². The summed E-state index contributed by atoms with van der Waals surface area (Å²) in [4.78, 5) is 0. The summed E-state index contributed by atoms with van der Waals surface area (Å²) in [5.74, 6) is 1.62. The lowest BCUT2D eigenvalue weighted by atomic mass is 10.1. The number of hydrogen-bond acceptors (Lipinski definition) is 2. The molecule has 2 aromatic rings. The molecule has 2 nitrogen and oxygen atoms in total. The van der Waals surface area contributed by atoms with Crippen molar-refractivity contribution >= 4 is 11.6 Å². The molecule has 0 saturated heterocycles. The molecule has 0 spiro atoms. The largest absolute Gasteiger partial charge is 0.457 e. The molecule has 0 radical (unpaired) electrons. The predicted octanol–water partition coefficient (Wildman–Crippen LogP) is 4.55. The van der Waals surface area contributed by atoms with E-state index in [0.717, 1.165) is 30.2 Å². The SMILES string of the molecule is CCNCc1ccc(Oc2cccc(Cl)c2)c(C)c1. The first-order valence-electron chi connectivity index (χ1n) is 6.42. The molecule has 0 fully saturated rings. The molecule has 0 bridgehead atoms. The fourth-order valence-electron chi connectivity index (χ4n) is 1.86. The van der Waals surface area contributed by atoms with Crippen molar-refractivity contribution in [3.63, 3.8) is 0 Å².